The molecule has 0 aromatic carbocycles. The quantitative estimate of drug-likeness (QED) is 0.548. The zero-order chi connectivity index (χ0) is 11.3. The maximum absolute atomic E-state index is 4.42. The van der Waals surface area contributed by atoms with Crippen molar-refractivity contribution in [3.8, 4) is 0 Å². The lowest BCUT2D eigenvalue weighted by Crippen LogP contribution is -2.46. The molecule has 2 aliphatic carbocycles. The van der Waals surface area contributed by atoms with Crippen LogP contribution in [0.5, 0.6) is 0 Å². The zero-order valence-corrected chi connectivity index (χ0v) is 10.5. The van der Waals surface area contributed by atoms with Crippen molar-refractivity contribution in [3.63, 3.8) is 0 Å². The summed E-state index contributed by atoms with van der Waals surface area (Å²) in [5, 5.41) is 0. The van der Waals surface area contributed by atoms with Gasteiger partial charge in [-0.1, -0.05) is 39.0 Å². The van der Waals surface area contributed by atoms with Crippen molar-refractivity contribution in [1.82, 2.24) is 0 Å². The molecule has 84 valence electrons. The van der Waals surface area contributed by atoms with Gasteiger partial charge in [0.05, 0.1) is 0 Å². The van der Waals surface area contributed by atoms with Crippen LogP contribution in [0.4, 0.5) is 0 Å². The number of hydrogen-bond acceptors (Lipinski definition) is 0. The van der Waals surface area contributed by atoms with Crippen LogP contribution in [0.2, 0.25) is 0 Å². The van der Waals surface area contributed by atoms with E-state index in [0.29, 0.717) is 16.7 Å². The zero-order valence-electron chi connectivity index (χ0n) is 10.5. The highest BCUT2D eigenvalue weighted by atomic mass is 14.5. The molecule has 2 aliphatic rings. The van der Waals surface area contributed by atoms with Gasteiger partial charge in [0.25, 0.3) is 0 Å². The van der Waals surface area contributed by atoms with Gasteiger partial charge in [0.1, 0.15) is 0 Å². The minimum Gasteiger partial charge on any atom is -0.103 e. The Hall–Kier alpha value is -0.520. The third kappa shape index (κ3) is 1.33. The van der Waals surface area contributed by atoms with Gasteiger partial charge in [-0.15, -0.1) is 6.58 Å². The van der Waals surface area contributed by atoms with Crippen LogP contribution in [0.3, 0.4) is 0 Å². The van der Waals surface area contributed by atoms with Gasteiger partial charge in [0.15, 0.2) is 0 Å². The third-order valence-electron chi connectivity index (χ3n) is 5.58. The molecule has 0 amide bonds. The lowest BCUT2D eigenvalue weighted by molar-refractivity contribution is 0.0466. The normalized spacial score (nSPS) is 50.2. The summed E-state index contributed by atoms with van der Waals surface area (Å²) in [5.41, 5.74) is 2.23. The summed E-state index contributed by atoms with van der Waals surface area (Å²) < 4.78 is 0. The van der Waals surface area contributed by atoms with Crippen LogP contribution in [-0.2, 0) is 0 Å². The summed E-state index contributed by atoms with van der Waals surface area (Å²) in [7, 11) is 0. The number of allylic oxidation sites excluding steroid dienone is 2. The van der Waals surface area contributed by atoms with E-state index in [1.165, 1.54) is 31.3 Å². The molecule has 15 heavy (non-hydrogen) atoms. The van der Waals surface area contributed by atoms with E-state index in [1.54, 1.807) is 0 Å². The molecule has 0 aliphatic heterocycles. The fraction of sp³-hybridized carbons (Fsp3) is 0.733. The Bertz CT molecular complexity index is 301. The second kappa shape index (κ2) is 3.23. The molecule has 0 heterocycles. The largest absolute Gasteiger partial charge is 0.103 e. The molecule has 2 bridgehead atoms. The van der Waals surface area contributed by atoms with E-state index in [1.807, 2.05) is 0 Å². The molecule has 0 spiro atoms. The fourth-order valence-electron chi connectivity index (χ4n) is 3.71. The van der Waals surface area contributed by atoms with Crippen molar-refractivity contribution in [1.29, 1.82) is 0 Å². The molecule has 2 rings (SSSR count). The van der Waals surface area contributed by atoms with Gasteiger partial charge in [0, 0.05) is 0 Å². The van der Waals surface area contributed by atoms with Gasteiger partial charge >= 0.3 is 0 Å². The standard InChI is InChI=1S/C15H24/c1-6-14(4)9-10-15(5)11(2)7-8-13(14)12(15)3/h6,11,13H,1,3,7-10H2,2,4-5H3/t11-,13-,14+,15-/m1/s1. The third-order valence-corrected chi connectivity index (χ3v) is 5.58. The van der Waals surface area contributed by atoms with Crippen LogP contribution in [0.15, 0.2) is 24.8 Å². The highest BCUT2D eigenvalue weighted by Crippen LogP contribution is 2.60. The Labute approximate surface area is 94.5 Å². The molecule has 2 saturated carbocycles. The van der Waals surface area contributed by atoms with Crippen LogP contribution in [0.1, 0.15) is 46.5 Å². The average molecular weight is 204 g/mol. The highest BCUT2D eigenvalue weighted by Gasteiger charge is 2.50. The Kier molecular flexibility index (Phi) is 2.37. The first-order valence-electron chi connectivity index (χ1n) is 6.27. The van der Waals surface area contributed by atoms with E-state index in [0.717, 1.165) is 5.92 Å². The van der Waals surface area contributed by atoms with Gasteiger partial charge in [-0.3, -0.25) is 0 Å². The maximum atomic E-state index is 4.42. The van der Waals surface area contributed by atoms with Crippen molar-refractivity contribution in [3.05, 3.63) is 24.8 Å². The van der Waals surface area contributed by atoms with Crippen molar-refractivity contribution in [2.24, 2.45) is 22.7 Å². The van der Waals surface area contributed by atoms with Crippen LogP contribution >= 0.6 is 0 Å². The van der Waals surface area contributed by atoms with Crippen molar-refractivity contribution in [2.45, 2.75) is 46.5 Å². The van der Waals surface area contributed by atoms with E-state index >= 15 is 0 Å². The molecule has 0 unspecified atom stereocenters. The van der Waals surface area contributed by atoms with Gasteiger partial charge in [-0.2, -0.15) is 0 Å². The smallest absolute Gasteiger partial charge is 0.00834 e. The Morgan fingerprint density at radius 3 is 2.53 bits per heavy atom. The summed E-state index contributed by atoms with van der Waals surface area (Å²) in [6.45, 7) is 15.6. The molecule has 0 radical (unpaired) electrons. The highest BCUT2D eigenvalue weighted by molar-refractivity contribution is 5.25. The SMILES string of the molecule is C=C[C@@]1(C)CC[C@@]2(C)C(=C)[C@H]1CC[C@H]2C. The molecule has 0 saturated heterocycles. The van der Waals surface area contributed by atoms with Gasteiger partial charge in [0.2, 0.25) is 0 Å². The van der Waals surface area contributed by atoms with Crippen molar-refractivity contribution in [2.75, 3.05) is 0 Å². The first-order chi connectivity index (χ1) is 6.94. The lowest BCUT2D eigenvalue weighted by atomic mass is 9.49. The van der Waals surface area contributed by atoms with E-state index in [-0.39, 0.29) is 0 Å². The molecule has 4 atom stereocenters. The van der Waals surface area contributed by atoms with Crippen LogP contribution < -0.4 is 0 Å². The summed E-state index contributed by atoms with van der Waals surface area (Å²) in [5.74, 6) is 1.50. The van der Waals surface area contributed by atoms with Crippen LogP contribution in [0.25, 0.3) is 0 Å². The molecular formula is C15H24. The minimum absolute atomic E-state index is 0.316. The second-order valence-electron chi connectivity index (χ2n) is 6.18. The van der Waals surface area contributed by atoms with Crippen molar-refractivity contribution >= 4 is 0 Å². The molecule has 0 aromatic heterocycles. The lowest BCUT2D eigenvalue weighted by Gasteiger charge is -2.56. The van der Waals surface area contributed by atoms with Crippen LogP contribution in [-0.4, -0.2) is 0 Å². The topological polar surface area (TPSA) is 0 Å². The second-order valence-corrected chi connectivity index (χ2v) is 6.18. The van der Waals surface area contributed by atoms with Gasteiger partial charge in [-0.25, -0.2) is 0 Å². The number of rotatable bonds is 1. The Morgan fingerprint density at radius 1 is 1.27 bits per heavy atom. The molecule has 0 nitrogen and oxygen atoms in total. The Balaban J connectivity index is 2.37. The predicted octanol–water partition coefficient (Wildman–Crippen LogP) is 4.58. The average Bonchev–Trinajstić information content (AvgIpc) is 2.22. The fourth-order valence-corrected chi connectivity index (χ4v) is 3.71. The predicted molar refractivity (Wildman–Crippen MR) is 66.7 cm³/mol. The van der Waals surface area contributed by atoms with E-state index in [4.69, 9.17) is 0 Å². The van der Waals surface area contributed by atoms with Crippen LogP contribution in [0, 0.1) is 22.7 Å². The molecule has 0 aromatic rings. The molecule has 0 heteroatoms. The maximum Gasteiger partial charge on any atom is -0.00834 e. The first-order valence-corrected chi connectivity index (χ1v) is 6.27. The molecular weight excluding hydrogens is 180 g/mol. The summed E-state index contributed by atoms with van der Waals surface area (Å²) >= 11 is 0. The molecule has 0 N–H and O–H groups in total. The first kappa shape index (κ1) is 11.0. The van der Waals surface area contributed by atoms with E-state index < -0.39 is 0 Å². The summed E-state index contributed by atoms with van der Waals surface area (Å²) in [4.78, 5) is 0. The summed E-state index contributed by atoms with van der Waals surface area (Å²) in [6.07, 6.45) is 7.45. The number of hydrogen-bond donors (Lipinski definition) is 0. The van der Waals surface area contributed by atoms with Gasteiger partial charge in [-0.05, 0) is 48.3 Å². The monoisotopic (exact) mass is 204 g/mol. The van der Waals surface area contributed by atoms with E-state index in [9.17, 15) is 0 Å². The summed E-state index contributed by atoms with van der Waals surface area (Å²) in [6, 6.07) is 0. The van der Waals surface area contributed by atoms with Gasteiger partial charge < -0.3 is 0 Å². The minimum atomic E-state index is 0.316. The number of fused-ring (bicyclic) bond motifs is 2. The van der Waals surface area contributed by atoms with Crippen molar-refractivity contribution < 1.29 is 0 Å². The van der Waals surface area contributed by atoms with E-state index in [2.05, 4.69) is 40.0 Å². The molecule has 2 fully saturated rings. The Morgan fingerprint density at radius 2 is 1.93 bits per heavy atom.